The molecule has 82 valence electrons. The first kappa shape index (κ1) is 13.2. The summed E-state index contributed by atoms with van der Waals surface area (Å²) in [6.45, 7) is 11.4. The molecule has 3 heteroatoms. The highest BCUT2D eigenvalue weighted by Crippen LogP contribution is 2.24. The molecular formula is C11H20O3. The fourth-order valence-electron chi connectivity index (χ4n) is 0.856. The molecule has 0 rings (SSSR count). The molecule has 0 fully saturated rings. The Labute approximate surface area is 85.8 Å². The summed E-state index contributed by atoms with van der Waals surface area (Å²) in [6, 6.07) is 0. The molecule has 14 heavy (non-hydrogen) atoms. The van der Waals surface area contributed by atoms with Crippen molar-refractivity contribution in [1.29, 1.82) is 0 Å². The summed E-state index contributed by atoms with van der Waals surface area (Å²) in [5, 5.41) is 9.70. The van der Waals surface area contributed by atoms with Gasteiger partial charge in [0.15, 0.2) is 0 Å². The number of carbonyl (C=O) groups is 1. The van der Waals surface area contributed by atoms with Gasteiger partial charge in [-0.3, -0.25) is 0 Å². The Kier molecular flexibility index (Phi) is 4.85. The van der Waals surface area contributed by atoms with Gasteiger partial charge >= 0.3 is 5.97 Å². The second kappa shape index (κ2) is 5.15. The van der Waals surface area contributed by atoms with E-state index in [9.17, 15) is 9.90 Å². The van der Waals surface area contributed by atoms with Crippen molar-refractivity contribution >= 4 is 5.97 Å². The van der Waals surface area contributed by atoms with Crippen LogP contribution in [-0.2, 0) is 9.53 Å². The number of ether oxygens (including phenoxy) is 1. The molecule has 0 unspecified atom stereocenters. The lowest BCUT2D eigenvalue weighted by Gasteiger charge is -2.25. The van der Waals surface area contributed by atoms with E-state index in [0.717, 1.165) is 0 Å². The molecule has 0 aromatic rings. The van der Waals surface area contributed by atoms with E-state index in [1.165, 1.54) is 0 Å². The Morgan fingerprint density at radius 3 is 2.36 bits per heavy atom. The number of hydrogen-bond donors (Lipinski definition) is 1. The number of hydrogen-bond acceptors (Lipinski definition) is 3. The van der Waals surface area contributed by atoms with E-state index in [1.807, 2.05) is 20.8 Å². The Morgan fingerprint density at radius 1 is 1.50 bits per heavy atom. The average Bonchev–Trinajstić information content (AvgIpc) is 2.02. The molecule has 0 spiro atoms. The monoisotopic (exact) mass is 200 g/mol. The molecule has 0 amide bonds. The molecule has 0 saturated heterocycles. The minimum atomic E-state index is -0.570. The maximum absolute atomic E-state index is 11.2. The van der Waals surface area contributed by atoms with E-state index in [1.54, 1.807) is 6.92 Å². The third-order valence-electron chi connectivity index (χ3n) is 2.00. The van der Waals surface area contributed by atoms with Crippen LogP contribution in [0.2, 0.25) is 0 Å². The van der Waals surface area contributed by atoms with E-state index in [0.29, 0.717) is 12.2 Å². The topological polar surface area (TPSA) is 46.5 Å². The van der Waals surface area contributed by atoms with Gasteiger partial charge in [0.2, 0.25) is 0 Å². The van der Waals surface area contributed by atoms with Crippen LogP contribution in [0.15, 0.2) is 12.2 Å². The van der Waals surface area contributed by atoms with Crippen LogP contribution in [0.4, 0.5) is 0 Å². The standard InChI is InChI=1S/C11H20O3/c1-6-14-10(13)8(2)7-9(12)11(3,4)5/h9,12H,2,6-7H2,1,3-5H3/t9-/m0/s1. The van der Waals surface area contributed by atoms with Gasteiger partial charge < -0.3 is 9.84 Å². The first-order valence-corrected chi connectivity index (χ1v) is 4.82. The summed E-state index contributed by atoms with van der Waals surface area (Å²) in [5.41, 5.74) is 0.0874. The van der Waals surface area contributed by atoms with Crippen molar-refractivity contribution in [3.05, 3.63) is 12.2 Å². The van der Waals surface area contributed by atoms with Gasteiger partial charge in [-0.25, -0.2) is 4.79 Å². The molecule has 0 aromatic carbocycles. The number of rotatable bonds is 4. The molecule has 3 nitrogen and oxygen atoms in total. The van der Waals surface area contributed by atoms with Crippen LogP contribution in [0.3, 0.4) is 0 Å². The lowest BCUT2D eigenvalue weighted by molar-refractivity contribution is -0.139. The van der Waals surface area contributed by atoms with Crippen LogP contribution in [0.1, 0.15) is 34.1 Å². The van der Waals surface area contributed by atoms with Gasteiger partial charge in [-0.05, 0) is 12.3 Å². The van der Waals surface area contributed by atoms with Crippen molar-refractivity contribution < 1.29 is 14.6 Å². The van der Waals surface area contributed by atoms with Crippen molar-refractivity contribution in [3.8, 4) is 0 Å². The minimum Gasteiger partial charge on any atom is -0.463 e. The molecule has 0 aromatic heterocycles. The normalized spacial score (nSPS) is 13.5. The number of aliphatic hydroxyl groups is 1. The smallest absolute Gasteiger partial charge is 0.333 e. The lowest BCUT2D eigenvalue weighted by atomic mass is 9.85. The second-order valence-corrected chi connectivity index (χ2v) is 4.41. The summed E-state index contributed by atoms with van der Waals surface area (Å²) in [5.74, 6) is -0.421. The predicted octanol–water partition coefficient (Wildman–Crippen LogP) is 1.90. The van der Waals surface area contributed by atoms with Crippen LogP contribution < -0.4 is 0 Å². The Morgan fingerprint density at radius 2 is 2.00 bits per heavy atom. The summed E-state index contributed by atoms with van der Waals surface area (Å²) in [6.07, 6.45) is -0.304. The van der Waals surface area contributed by atoms with Gasteiger partial charge in [-0.2, -0.15) is 0 Å². The molecule has 0 aliphatic heterocycles. The molecule has 0 aliphatic rings. The summed E-state index contributed by atoms with van der Waals surface area (Å²) >= 11 is 0. The third kappa shape index (κ3) is 4.42. The molecule has 0 aliphatic carbocycles. The summed E-state index contributed by atoms with van der Waals surface area (Å²) < 4.78 is 4.77. The molecule has 0 radical (unpaired) electrons. The van der Waals surface area contributed by atoms with E-state index in [4.69, 9.17) is 4.74 Å². The van der Waals surface area contributed by atoms with E-state index < -0.39 is 12.1 Å². The van der Waals surface area contributed by atoms with E-state index in [2.05, 4.69) is 6.58 Å². The zero-order valence-corrected chi connectivity index (χ0v) is 9.46. The number of esters is 1. The SMILES string of the molecule is C=C(C[C@H](O)C(C)(C)C)C(=O)OCC. The van der Waals surface area contributed by atoms with Gasteiger partial charge in [0.1, 0.15) is 0 Å². The van der Waals surface area contributed by atoms with E-state index >= 15 is 0 Å². The molecular weight excluding hydrogens is 180 g/mol. The number of aliphatic hydroxyl groups excluding tert-OH is 1. The van der Waals surface area contributed by atoms with Gasteiger partial charge in [-0.15, -0.1) is 0 Å². The Hall–Kier alpha value is -0.830. The molecule has 1 N–H and O–H groups in total. The van der Waals surface area contributed by atoms with Gasteiger partial charge in [-0.1, -0.05) is 27.4 Å². The van der Waals surface area contributed by atoms with Crippen molar-refractivity contribution in [2.24, 2.45) is 5.41 Å². The maximum atomic E-state index is 11.2. The Balaban J connectivity index is 4.13. The van der Waals surface area contributed by atoms with Gasteiger partial charge in [0.05, 0.1) is 12.7 Å². The number of carbonyl (C=O) groups excluding carboxylic acids is 1. The molecule has 1 atom stereocenters. The Bertz CT molecular complexity index is 213. The van der Waals surface area contributed by atoms with Crippen LogP contribution in [0.5, 0.6) is 0 Å². The zero-order chi connectivity index (χ0) is 11.4. The highest BCUT2D eigenvalue weighted by atomic mass is 16.5. The highest BCUT2D eigenvalue weighted by Gasteiger charge is 2.24. The fourth-order valence-corrected chi connectivity index (χ4v) is 0.856. The summed E-state index contributed by atoms with van der Waals surface area (Å²) in [7, 11) is 0. The van der Waals surface area contributed by atoms with Crippen molar-refractivity contribution in [2.75, 3.05) is 6.61 Å². The van der Waals surface area contributed by atoms with Gasteiger partial charge in [0, 0.05) is 12.0 Å². The van der Waals surface area contributed by atoms with E-state index in [-0.39, 0.29) is 11.8 Å². The fraction of sp³-hybridized carbons (Fsp3) is 0.727. The first-order valence-electron chi connectivity index (χ1n) is 4.82. The molecule has 0 saturated carbocycles. The predicted molar refractivity (Wildman–Crippen MR) is 55.9 cm³/mol. The van der Waals surface area contributed by atoms with Gasteiger partial charge in [0.25, 0.3) is 0 Å². The largest absolute Gasteiger partial charge is 0.463 e. The first-order chi connectivity index (χ1) is 6.29. The van der Waals surface area contributed by atoms with Crippen molar-refractivity contribution in [3.63, 3.8) is 0 Å². The average molecular weight is 200 g/mol. The quantitative estimate of drug-likeness (QED) is 0.557. The van der Waals surface area contributed by atoms with Crippen LogP contribution in [-0.4, -0.2) is 23.8 Å². The summed E-state index contributed by atoms with van der Waals surface area (Å²) in [4.78, 5) is 11.2. The third-order valence-corrected chi connectivity index (χ3v) is 2.00. The van der Waals surface area contributed by atoms with Crippen LogP contribution in [0.25, 0.3) is 0 Å². The minimum absolute atomic E-state index is 0.241. The molecule has 0 bridgehead atoms. The molecule has 0 heterocycles. The van der Waals surface area contributed by atoms with Crippen LogP contribution >= 0.6 is 0 Å². The highest BCUT2D eigenvalue weighted by molar-refractivity contribution is 5.87. The van der Waals surface area contributed by atoms with Crippen molar-refractivity contribution in [2.45, 2.75) is 40.2 Å². The van der Waals surface area contributed by atoms with Crippen LogP contribution in [0, 0.1) is 5.41 Å². The lowest BCUT2D eigenvalue weighted by Crippen LogP contribution is -2.27. The second-order valence-electron chi connectivity index (χ2n) is 4.41. The van der Waals surface area contributed by atoms with Crippen molar-refractivity contribution in [1.82, 2.24) is 0 Å². The maximum Gasteiger partial charge on any atom is 0.333 e. The zero-order valence-electron chi connectivity index (χ0n) is 9.46.